The second-order valence-electron chi connectivity index (χ2n) is 14.3. The number of allylic oxidation sites excluding steroid dienone is 5. The normalized spacial score (nSPS) is 35.9. The highest BCUT2D eigenvalue weighted by molar-refractivity contribution is 5.78. The number of aliphatic hydroxyl groups excluding tert-OH is 1. The van der Waals surface area contributed by atoms with Gasteiger partial charge in [-0.3, -0.25) is 4.79 Å². The second kappa shape index (κ2) is 12.8. The fourth-order valence-corrected chi connectivity index (χ4v) is 8.82. The highest BCUT2D eigenvalue weighted by Crippen LogP contribution is 2.71. The number of hydrogen-bond donors (Lipinski definition) is 1. The molecule has 3 heteroatoms. The number of aliphatic hydroxyl groups is 1. The first-order valence-electron chi connectivity index (χ1n) is 14.8. The maximum Gasteiger partial charge on any atom is 0.133 e. The molecule has 6 atom stereocenters. The van der Waals surface area contributed by atoms with Gasteiger partial charge in [-0.25, -0.2) is 0 Å². The Balaban J connectivity index is 0.000000521. The summed E-state index contributed by atoms with van der Waals surface area (Å²) in [5.41, 5.74) is 2.02. The summed E-state index contributed by atoms with van der Waals surface area (Å²) in [5, 5.41) is 10.8. The largest absolute Gasteiger partial charge is 0.393 e. The summed E-state index contributed by atoms with van der Waals surface area (Å²) < 4.78 is 5.16. The zero-order chi connectivity index (χ0) is 28.1. The van der Waals surface area contributed by atoms with Crippen LogP contribution >= 0.6 is 0 Å². The minimum absolute atomic E-state index is 0.00718. The van der Waals surface area contributed by atoms with Crippen LogP contribution in [0, 0.1) is 39.4 Å². The fourth-order valence-electron chi connectivity index (χ4n) is 8.82. The Morgan fingerprint density at radius 1 is 0.946 bits per heavy atom. The van der Waals surface area contributed by atoms with Crippen molar-refractivity contribution in [1.82, 2.24) is 0 Å². The zero-order valence-electron chi connectivity index (χ0n) is 25.7. The van der Waals surface area contributed by atoms with E-state index in [-0.39, 0.29) is 27.8 Å². The van der Waals surface area contributed by atoms with Gasteiger partial charge in [-0.05, 0) is 98.2 Å². The topological polar surface area (TPSA) is 46.5 Å². The number of hydrogen-bond acceptors (Lipinski definition) is 3. The van der Waals surface area contributed by atoms with Gasteiger partial charge in [-0.15, -0.1) is 0 Å². The third-order valence-corrected chi connectivity index (χ3v) is 10.8. The van der Waals surface area contributed by atoms with Gasteiger partial charge >= 0.3 is 0 Å². The summed E-state index contributed by atoms with van der Waals surface area (Å²) in [5.74, 6) is 2.12. The molecule has 0 heterocycles. The van der Waals surface area contributed by atoms with E-state index in [4.69, 9.17) is 4.74 Å². The molecule has 0 aromatic heterocycles. The summed E-state index contributed by atoms with van der Waals surface area (Å²) in [6.07, 6.45) is 16.7. The van der Waals surface area contributed by atoms with Gasteiger partial charge in [0.1, 0.15) is 5.78 Å². The molecule has 3 aliphatic rings. The van der Waals surface area contributed by atoms with Crippen molar-refractivity contribution in [2.45, 2.75) is 119 Å². The average Bonchev–Trinajstić information content (AvgIpc) is 2.79. The van der Waals surface area contributed by atoms with Gasteiger partial charge in [-0.1, -0.05) is 78.0 Å². The van der Waals surface area contributed by atoms with Gasteiger partial charge in [0.05, 0.1) is 6.10 Å². The van der Waals surface area contributed by atoms with Crippen LogP contribution in [0.5, 0.6) is 0 Å². The van der Waals surface area contributed by atoms with Crippen LogP contribution in [0.2, 0.25) is 0 Å². The average molecular weight is 515 g/mol. The lowest BCUT2D eigenvalue weighted by Crippen LogP contribution is -2.62. The Morgan fingerprint density at radius 2 is 1.57 bits per heavy atom. The highest BCUT2D eigenvalue weighted by atomic mass is 16.5. The molecule has 3 fully saturated rings. The van der Waals surface area contributed by atoms with Crippen LogP contribution in [0.3, 0.4) is 0 Å². The van der Waals surface area contributed by atoms with Crippen LogP contribution in [0.4, 0.5) is 0 Å². The number of fused-ring (bicyclic) bond motifs is 3. The SMILES string of the molecule is C=C/C=C/C=C(C)C.COCCCC(=O)CC1C(C)(C)CCC2[C@@]1(C)CCC1C(C)(C)C(O)CC[C@@]12C. The maximum atomic E-state index is 12.9. The van der Waals surface area contributed by atoms with E-state index in [0.717, 1.165) is 25.7 Å². The van der Waals surface area contributed by atoms with Crippen LogP contribution in [-0.4, -0.2) is 30.7 Å². The van der Waals surface area contributed by atoms with Gasteiger partial charge in [-0.2, -0.15) is 0 Å². The molecule has 4 unspecified atom stereocenters. The molecule has 0 bridgehead atoms. The van der Waals surface area contributed by atoms with Crippen molar-refractivity contribution in [3.8, 4) is 0 Å². The van der Waals surface area contributed by atoms with E-state index in [9.17, 15) is 9.90 Å². The van der Waals surface area contributed by atoms with Crippen molar-refractivity contribution in [3.63, 3.8) is 0 Å². The number of carbonyl (C=O) groups is 1. The lowest BCUT2D eigenvalue weighted by atomic mass is 9.36. The number of carbonyl (C=O) groups excluding carboxylic acids is 1. The minimum Gasteiger partial charge on any atom is -0.393 e. The lowest BCUT2D eigenvalue weighted by Gasteiger charge is -2.68. The molecule has 0 aliphatic heterocycles. The molecule has 37 heavy (non-hydrogen) atoms. The van der Waals surface area contributed by atoms with Gasteiger partial charge in [0.2, 0.25) is 0 Å². The van der Waals surface area contributed by atoms with Crippen molar-refractivity contribution in [2.24, 2.45) is 39.4 Å². The van der Waals surface area contributed by atoms with E-state index in [2.05, 4.69) is 62.0 Å². The molecule has 0 saturated heterocycles. The Kier molecular flexibility index (Phi) is 11.1. The van der Waals surface area contributed by atoms with Crippen molar-refractivity contribution in [1.29, 1.82) is 0 Å². The van der Waals surface area contributed by atoms with E-state index >= 15 is 0 Å². The van der Waals surface area contributed by atoms with E-state index in [1.165, 1.54) is 31.3 Å². The molecular weight excluding hydrogens is 456 g/mol. The summed E-state index contributed by atoms with van der Waals surface area (Å²) in [4.78, 5) is 12.9. The van der Waals surface area contributed by atoms with Crippen LogP contribution in [0.25, 0.3) is 0 Å². The zero-order valence-corrected chi connectivity index (χ0v) is 25.7. The monoisotopic (exact) mass is 514 g/mol. The number of methoxy groups -OCH3 is 1. The predicted octanol–water partition coefficient (Wildman–Crippen LogP) is 8.72. The smallest absolute Gasteiger partial charge is 0.133 e. The van der Waals surface area contributed by atoms with Gasteiger partial charge in [0.15, 0.2) is 0 Å². The van der Waals surface area contributed by atoms with E-state index in [1.54, 1.807) is 13.2 Å². The van der Waals surface area contributed by atoms with Crippen molar-refractivity contribution in [3.05, 3.63) is 36.5 Å². The first-order valence-corrected chi connectivity index (χ1v) is 14.8. The lowest BCUT2D eigenvalue weighted by molar-refractivity contribution is -0.211. The molecule has 3 rings (SSSR count). The molecule has 0 aromatic carbocycles. The number of Topliss-reactive ketones (excluding diaryl/α,β-unsaturated/α-hetero) is 1. The van der Waals surface area contributed by atoms with Crippen LogP contribution in [0.15, 0.2) is 36.5 Å². The number of ether oxygens (including phenoxy) is 1. The van der Waals surface area contributed by atoms with E-state index < -0.39 is 0 Å². The van der Waals surface area contributed by atoms with Gasteiger partial charge in [0.25, 0.3) is 0 Å². The van der Waals surface area contributed by atoms with Crippen molar-refractivity contribution in [2.75, 3.05) is 13.7 Å². The first kappa shape index (κ1) is 32.0. The van der Waals surface area contributed by atoms with E-state index in [1.807, 2.05) is 18.2 Å². The highest BCUT2D eigenvalue weighted by Gasteiger charge is 2.64. The minimum atomic E-state index is -0.178. The molecule has 0 radical (unpaired) electrons. The van der Waals surface area contributed by atoms with Crippen LogP contribution in [0.1, 0.15) is 113 Å². The molecule has 0 amide bonds. The molecule has 3 aliphatic carbocycles. The summed E-state index contributed by atoms with van der Waals surface area (Å²) >= 11 is 0. The third kappa shape index (κ3) is 7.07. The third-order valence-electron chi connectivity index (χ3n) is 10.8. The predicted molar refractivity (Wildman–Crippen MR) is 157 cm³/mol. The molecule has 1 N–H and O–H groups in total. The number of rotatable bonds is 8. The summed E-state index contributed by atoms with van der Waals surface area (Å²) in [7, 11) is 1.71. The van der Waals surface area contributed by atoms with Crippen molar-refractivity contribution < 1.29 is 14.6 Å². The molecule has 3 nitrogen and oxygen atoms in total. The van der Waals surface area contributed by atoms with Crippen LogP contribution in [-0.2, 0) is 9.53 Å². The van der Waals surface area contributed by atoms with Gasteiger partial charge < -0.3 is 9.84 Å². The number of ketones is 1. The Labute approximate surface area is 229 Å². The summed E-state index contributed by atoms with van der Waals surface area (Å²) in [6, 6.07) is 0. The second-order valence-corrected chi connectivity index (χ2v) is 14.3. The maximum absolute atomic E-state index is 12.9. The van der Waals surface area contributed by atoms with E-state index in [0.29, 0.717) is 36.6 Å². The molecule has 212 valence electrons. The summed E-state index contributed by atoms with van der Waals surface area (Å²) in [6.45, 7) is 22.8. The fraction of sp³-hybridized carbons (Fsp3) is 0.794. The van der Waals surface area contributed by atoms with Crippen molar-refractivity contribution >= 4 is 5.78 Å². The quantitative estimate of drug-likeness (QED) is 0.260. The molecule has 3 saturated carbocycles. The Hall–Kier alpha value is -1.19. The Morgan fingerprint density at radius 3 is 2.16 bits per heavy atom. The standard InChI is InChI=1S/C26H46O3.C8H12/c1-23(2)13-10-20-25(5)15-12-22(28)24(3,4)19(25)11-14-26(20,6)21(23)17-18(27)9-8-16-29-7;1-4-5-6-7-8(2)3/h19-22,28H,8-17H2,1-7H3;4-7H,1H2,2-3H3/b;6-5+/t19?,20?,21?,22?,25-,26+;/m0./s1. The first-order chi connectivity index (χ1) is 17.2. The molecule has 0 spiro atoms. The Bertz CT molecular complexity index is 830. The van der Waals surface area contributed by atoms with Crippen LogP contribution < -0.4 is 0 Å². The van der Waals surface area contributed by atoms with Gasteiger partial charge in [0, 0.05) is 26.6 Å². The molecule has 0 aromatic rings. The molecular formula is C34H58O3.